The monoisotopic (exact) mass is 270 g/mol. The maximum absolute atomic E-state index is 11.8. The molecule has 0 fully saturated rings. The molecule has 0 aliphatic carbocycles. The molecule has 7 heteroatoms. The van der Waals surface area contributed by atoms with Crippen molar-refractivity contribution in [1.82, 2.24) is 10.3 Å². The first kappa shape index (κ1) is 14.6. The molecule has 1 rings (SSSR count). The highest BCUT2D eigenvalue weighted by Crippen LogP contribution is 2.04. The average molecular weight is 270 g/mol. The molecule has 1 aromatic rings. The minimum Gasteiger partial charge on any atom is -0.348 e. The number of carbonyl (C=O) groups excluding carboxylic acids is 1. The summed E-state index contributed by atoms with van der Waals surface area (Å²) in [6.07, 6.45) is 2.32. The second-order valence-electron chi connectivity index (χ2n) is 3.99. The van der Waals surface area contributed by atoms with E-state index in [2.05, 4.69) is 15.7 Å². The first-order valence-electron chi connectivity index (χ1n) is 5.57. The summed E-state index contributed by atoms with van der Waals surface area (Å²) in [5.74, 6) is 5.96. The molecule has 0 saturated heterocycles. The fourth-order valence-electron chi connectivity index (χ4n) is 1.35. The number of pyridine rings is 1. The molecule has 18 heavy (non-hydrogen) atoms. The van der Waals surface area contributed by atoms with Gasteiger partial charge >= 0.3 is 0 Å². The molecule has 100 valence electrons. The number of amides is 1. The van der Waals surface area contributed by atoms with E-state index in [-0.39, 0.29) is 11.9 Å². The van der Waals surface area contributed by atoms with Crippen LogP contribution < -0.4 is 16.6 Å². The van der Waals surface area contributed by atoms with Gasteiger partial charge in [-0.15, -0.1) is 0 Å². The molecule has 0 saturated carbocycles. The lowest BCUT2D eigenvalue weighted by molar-refractivity contribution is 0.0934. The molecular weight excluding hydrogens is 252 g/mol. The maximum Gasteiger partial charge on any atom is 0.270 e. The summed E-state index contributed by atoms with van der Waals surface area (Å²) in [6, 6.07) is 4.93. The van der Waals surface area contributed by atoms with Crippen LogP contribution in [0.2, 0.25) is 0 Å². The number of aromatic nitrogens is 1. The van der Waals surface area contributed by atoms with E-state index in [0.29, 0.717) is 23.7 Å². The van der Waals surface area contributed by atoms with E-state index in [1.165, 1.54) is 0 Å². The molecule has 2 atom stereocenters. The van der Waals surface area contributed by atoms with E-state index < -0.39 is 10.8 Å². The summed E-state index contributed by atoms with van der Waals surface area (Å²) in [4.78, 5) is 15.9. The van der Waals surface area contributed by atoms with Crippen molar-refractivity contribution < 1.29 is 9.00 Å². The highest BCUT2D eigenvalue weighted by atomic mass is 32.2. The van der Waals surface area contributed by atoms with Crippen LogP contribution in [0.3, 0.4) is 0 Å². The quantitative estimate of drug-likeness (QED) is 0.509. The number of carbonyl (C=O) groups is 1. The molecule has 0 radical (unpaired) electrons. The van der Waals surface area contributed by atoms with Crippen LogP contribution in [-0.4, -0.2) is 33.2 Å². The van der Waals surface area contributed by atoms with Gasteiger partial charge in [0.25, 0.3) is 5.91 Å². The molecule has 6 nitrogen and oxygen atoms in total. The van der Waals surface area contributed by atoms with Crippen molar-refractivity contribution in [3.8, 4) is 0 Å². The largest absolute Gasteiger partial charge is 0.348 e. The molecule has 0 aliphatic rings. The molecule has 0 bridgehead atoms. The van der Waals surface area contributed by atoms with Gasteiger partial charge in [0.15, 0.2) is 0 Å². The molecule has 0 aromatic carbocycles. The fraction of sp³-hybridized carbons (Fsp3) is 0.455. The Bertz CT molecular complexity index is 439. The lowest BCUT2D eigenvalue weighted by atomic mass is 10.2. The molecule has 0 aliphatic heterocycles. The van der Waals surface area contributed by atoms with Crippen molar-refractivity contribution in [2.75, 3.05) is 17.4 Å². The van der Waals surface area contributed by atoms with Crippen LogP contribution in [0.4, 0.5) is 5.82 Å². The number of hydrogen-bond acceptors (Lipinski definition) is 5. The van der Waals surface area contributed by atoms with Crippen LogP contribution in [0.5, 0.6) is 0 Å². The highest BCUT2D eigenvalue weighted by molar-refractivity contribution is 7.84. The Hall–Kier alpha value is -1.47. The van der Waals surface area contributed by atoms with Crippen molar-refractivity contribution in [1.29, 1.82) is 0 Å². The number of nitrogens with one attached hydrogen (secondary N) is 2. The summed E-state index contributed by atoms with van der Waals surface area (Å²) in [6.45, 7) is 1.87. The number of anilines is 1. The van der Waals surface area contributed by atoms with Crippen molar-refractivity contribution in [2.45, 2.75) is 19.4 Å². The van der Waals surface area contributed by atoms with E-state index in [1.54, 1.807) is 24.5 Å². The Morgan fingerprint density at radius 2 is 2.28 bits per heavy atom. The van der Waals surface area contributed by atoms with Crippen LogP contribution in [0.1, 0.15) is 23.8 Å². The van der Waals surface area contributed by atoms with Gasteiger partial charge in [0.05, 0.1) is 0 Å². The van der Waals surface area contributed by atoms with Gasteiger partial charge in [-0.3, -0.25) is 9.00 Å². The average Bonchev–Trinajstić information content (AvgIpc) is 2.36. The Morgan fingerprint density at radius 1 is 1.56 bits per heavy atom. The summed E-state index contributed by atoms with van der Waals surface area (Å²) in [5.41, 5.74) is 2.69. The van der Waals surface area contributed by atoms with E-state index in [0.717, 1.165) is 0 Å². The van der Waals surface area contributed by atoms with Crippen LogP contribution in [0.15, 0.2) is 18.2 Å². The van der Waals surface area contributed by atoms with Gasteiger partial charge in [-0.2, -0.15) is 0 Å². The second-order valence-corrected chi connectivity index (χ2v) is 5.55. The molecule has 4 N–H and O–H groups in total. The van der Waals surface area contributed by atoms with Crippen molar-refractivity contribution in [3.63, 3.8) is 0 Å². The number of rotatable bonds is 6. The first-order valence-corrected chi connectivity index (χ1v) is 7.30. The van der Waals surface area contributed by atoms with E-state index in [4.69, 9.17) is 5.84 Å². The molecule has 0 spiro atoms. The fourth-order valence-corrected chi connectivity index (χ4v) is 2.04. The molecule has 1 amide bonds. The first-order chi connectivity index (χ1) is 8.52. The van der Waals surface area contributed by atoms with Crippen LogP contribution in [0, 0.1) is 0 Å². The number of nitrogens with two attached hydrogens (primary N) is 1. The molecule has 1 aromatic heterocycles. The number of hydrogen-bond donors (Lipinski definition) is 3. The van der Waals surface area contributed by atoms with Crippen molar-refractivity contribution in [3.05, 3.63) is 23.9 Å². The van der Waals surface area contributed by atoms with Gasteiger partial charge in [0, 0.05) is 28.9 Å². The Kier molecular flexibility index (Phi) is 5.73. The predicted molar refractivity (Wildman–Crippen MR) is 72.5 cm³/mol. The predicted octanol–water partition coefficient (Wildman–Crippen LogP) is 0.254. The van der Waals surface area contributed by atoms with Crippen molar-refractivity contribution >= 4 is 22.5 Å². The zero-order valence-electron chi connectivity index (χ0n) is 10.5. The second kappa shape index (κ2) is 7.07. The van der Waals surface area contributed by atoms with E-state index >= 15 is 0 Å². The van der Waals surface area contributed by atoms with Gasteiger partial charge in [0.1, 0.15) is 11.5 Å². The van der Waals surface area contributed by atoms with E-state index in [9.17, 15) is 9.00 Å². The SMILES string of the molecule is CC(CCS(C)=O)NC(=O)c1cccc(NN)n1. The van der Waals surface area contributed by atoms with Crippen LogP contribution in [-0.2, 0) is 10.8 Å². The number of nitrogens with zero attached hydrogens (tertiary/aromatic N) is 1. The topological polar surface area (TPSA) is 97.1 Å². The zero-order chi connectivity index (χ0) is 13.5. The third kappa shape index (κ3) is 4.80. The van der Waals surface area contributed by atoms with Gasteiger partial charge in [-0.1, -0.05) is 6.07 Å². The van der Waals surface area contributed by atoms with Gasteiger partial charge in [-0.25, -0.2) is 10.8 Å². The van der Waals surface area contributed by atoms with Gasteiger partial charge in [-0.05, 0) is 25.5 Å². The lowest BCUT2D eigenvalue weighted by Gasteiger charge is -2.13. The van der Waals surface area contributed by atoms with E-state index in [1.807, 2.05) is 6.92 Å². The minimum absolute atomic E-state index is 0.0438. The number of hydrazine groups is 1. The van der Waals surface area contributed by atoms with Crippen molar-refractivity contribution in [2.24, 2.45) is 5.84 Å². The molecule has 2 unspecified atom stereocenters. The summed E-state index contributed by atoms with van der Waals surface area (Å²) in [7, 11) is -0.844. The molecular formula is C11H18N4O2S. The van der Waals surface area contributed by atoms with Gasteiger partial charge < -0.3 is 10.7 Å². The lowest BCUT2D eigenvalue weighted by Crippen LogP contribution is -2.34. The highest BCUT2D eigenvalue weighted by Gasteiger charge is 2.11. The normalized spacial score (nSPS) is 13.7. The van der Waals surface area contributed by atoms with Gasteiger partial charge in [0.2, 0.25) is 0 Å². The summed E-state index contributed by atoms with van der Waals surface area (Å²) >= 11 is 0. The number of nitrogen functional groups attached to an aromatic ring is 1. The third-order valence-corrected chi connectivity index (χ3v) is 3.16. The van der Waals surface area contributed by atoms with Crippen LogP contribution >= 0.6 is 0 Å². The molecule has 1 heterocycles. The van der Waals surface area contributed by atoms with Crippen LogP contribution in [0.25, 0.3) is 0 Å². The minimum atomic E-state index is -0.844. The third-order valence-electron chi connectivity index (χ3n) is 2.35. The smallest absolute Gasteiger partial charge is 0.270 e. The Labute approximate surface area is 109 Å². The Balaban J connectivity index is 2.56. The zero-order valence-corrected chi connectivity index (χ0v) is 11.3. The summed E-state index contributed by atoms with van der Waals surface area (Å²) < 4.78 is 11.0. The maximum atomic E-state index is 11.8. The Morgan fingerprint density at radius 3 is 2.89 bits per heavy atom. The summed E-state index contributed by atoms with van der Waals surface area (Å²) in [5, 5.41) is 2.80. The standard InChI is InChI=1S/C11H18N4O2S/c1-8(6-7-18(2)17)13-11(16)9-4-3-5-10(14-9)15-12/h3-5,8H,6-7,12H2,1-2H3,(H,13,16)(H,14,15).